The molecule has 0 saturated carbocycles. The number of aryl methyl sites for hydroxylation is 1. The lowest BCUT2D eigenvalue weighted by atomic mass is 9.88. The molecule has 1 aromatic heterocycles. The van der Waals surface area contributed by atoms with Crippen molar-refractivity contribution in [3.8, 4) is 0 Å². The Morgan fingerprint density at radius 1 is 1.33 bits per heavy atom. The minimum atomic E-state index is 0.431. The molecular formula is C16H28N2. The molecule has 1 N–H and O–H groups in total. The van der Waals surface area contributed by atoms with Crippen molar-refractivity contribution in [3.63, 3.8) is 0 Å². The van der Waals surface area contributed by atoms with E-state index in [0.29, 0.717) is 11.5 Å². The Kier molecular flexibility index (Phi) is 5.80. The van der Waals surface area contributed by atoms with Gasteiger partial charge in [0.25, 0.3) is 0 Å². The monoisotopic (exact) mass is 248 g/mol. The second-order valence-electron chi connectivity index (χ2n) is 6.24. The third-order valence-corrected chi connectivity index (χ3v) is 3.29. The fraction of sp³-hybridized carbons (Fsp3) is 0.688. The van der Waals surface area contributed by atoms with Crippen LogP contribution in [0.15, 0.2) is 18.3 Å². The van der Waals surface area contributed by atoms with Gasteiger partial charge in [-0.15, -0.1) is 0 Å². The molecule has 0 saturated heterocycles. The fourth-order valence-corrected chi connectivity index (χ4v) is 2.32. The van der Waals surface area contributed by atoms with Gasteiger partial charge in [0.2, 0.25) is 0 Å². The second-order valence-corrected chi connectivity index (χ2v) is 6.24. The predicted octanol–water partition coefficient (Wildman–Crippen LogP) is 4.26. The molecular weight excluding hydrogens is 220 g/mol. The summed E-state index contributed by atoms with van der Waals surface area (Å²) in [7, 11) is 0. The van der Waals surface area contributed by atoms with Gasteiger partial charge in [0, 0.05) is 17.9 Å². The molecule has 2 heteroatoms. The normalized spacial score (nSPS) is 13.6. The molecule has 1 aromatic rings. The predicted molar refractivity (Wildman–Crippen MR) is 78.7 cm³/mol. The maximum Gasteiger partial charge on any atom is 0.0420 e. The summed E-state index contributed by atoms with van der Waals surface area (Å²) in [5, 5.41) is 3.59. The third kappa shape index (κ3) is 5.18. The first-order chi connectivity index (χ1) is 8.44. The molecule has 1 heterocycles. The van der Waals surface area contributed by atoms with Crippen molar-refractivity contribution in [2.24, 2.45) is 5.41 Å². The maximum atomic E-state index is 4.40. The van der Waals surface area contributed by atoms with Gasteiger partial charge in [0.05, 0.1) is 0 Å². The van der Waals surface area contributed by atoms with E-state index in [0.717, 1.165) is 12.2 Å². The van der Waals surface area contributed by atoms with Gasteiger partial charge < -0.3 is 5.32 Å². The Bertz CT molecular complexity index is 352. The highest BCUT2D eigenvalue weighted by atomic mass is 14.9. The Hall–Kier alpha value is -0.890. The lowest BCUT2D eigenvalue weighted by Gasteiger charge is -2.23. The molecule has 1 atom stereocenters. The van der Waals surface area contributed by atoms with Gasteiger partial charge in [-0.1, -0.05) is 40.2 Å². The Balaban J connectivity index is 2.63. The van der Waals surface area contributed by atoms with Crippen molar-refractivity contribution in [1.29, 1.82) is 0 Å². The van der Waals surface area contributed by atoms with Crippen molar-refractivity contribution in [2.75, 3.05) is 6.54 Å². The number of pyridine rings is 1. The summed E-state index contributed by atoms with van der Waals surface area (Å²) >= 11 is 0. The highest BCUT2D eigenvalue weighted by Crippen LogP contribution is 2.26. The molecule has 18 heavy (non-hydrogen) atoms. The zero-order chi connectivity index (χ0) is 13.6. The van der Waals surface area contributed by atoms with Crippen LogP contribution >= 0.6 is 0 Å². The van der Waals surface area contributed by atoms with E-state index in [-0.39, 0.29) is 0 Å². The SMILES string of the molecule is CCNC(CCCC(C)(C)C)c1cccnc1C. The van der Waals surface area contributed by atoms with E-state index in [4.69, 9.17) is 0 Å². The molecule has 0 aliphatic carbocycles. The van der Waals surface area contributed by atoms with Gasteiger partial charge in [0.1, 0.15) is 0 Å². The first-order valence-corrected chi connectivity index (χ1v) is 7.09. The lowest BCUT2D eigenvalue weighted by Crippen LogP contribution is -2.22. The number of aromatic nitrogens is 1. The first kappa shape index (κ1) is 15.2. The van der Waals surface area contributed by atoms with Crippen LogP contribution in [0.3, 0.4) is 0 Å². The summed E-state index contributed by atoms with van der Waals surface area (Å²) in [6.45, 7) is 12.2. The maximum absolute atomic E-state index is 4.40. The van der Waals surface area contributed by atoms with Crippen LogP contribution in [0.4, 0.5) is 0 Å². The van der Waals surface area contributed by atoms with Crippen LogP contribution in [0.1, 0.15) is 64.3 Å². The van der Waals surface area contributed by atoms with Crippen LogP contribution in [0.5, 0.6) is 0 Å². The highest BCUT2D eigenvalue weighted by molar-refractivity contribution is 5.22. The van der Waals surface area contributed by atoms with E-state index in [1.807, 2.05) is 12.3 Å². The van der Waals surface area contributed by atoms with Crippen molar-refractivity contribution in [3.05, 3.63) is 29.6 Å². The quantitative estimate of drug-likeness (QED) is 0.813. The van der Waals surface area contributed by atoms with Crippen molar-refractivity contribution >= 4 is 0 Å². The molecule has 0 fully saturated rings. The van der Waals surface area contributed by atoms with Crippen LogP contribution in [-0.4, -0.2) is 11.5 Å². The van der Waals surface area contributed by atoms with Crippen LogP contribution in [0, 0.1) is 12.3 Å². The van der Waals surface area contributed by atoms with E-state index in [1.165, 1.54) is 24.8 Å². The van der Waals surface area contributed by atoms with Gasteiger partial charge in [0.15, 0.2) is 0 Å². The average molecular weight is 248 g/mol. The molecule has 0 radical (unpaired) electrons. The van der Waals surface area contributed by atoms with Gasteiger partial charge in [-0.2, -0.15) is 0 Å². The standard InChI is InChI=1S/C16H28N2/c1-6-17-15(10-7-11-16(3,4)5)14-9-8-12-18-13(14)2/h8-9,12,15,17H,6-7,10-11H2,1-5H3. The molecule has 1 rings (SSSR count). The zero-order valence-corrected chi connectivity index (χ0v) is 12.6. The molecule has 0 spiro atoms. The van der Waals surface area contributed by atoms with E-state index in [9.17, 15) is 0 Å². The molecule has 0 bridgehead atoms. The smallest absolute Gasteiger partial charge is 0.0420 e. The minimum Gasteiger partial charge on any atom is -0.310 e. The molecule has 0 aliphatic heterocycles. The second kappa shape index (κ2) is 6.89. The summed E-state index contributed by atoms with van der Waals surface area (Å²) < 4.78 is 0. The summed E-state index contributed by atoms with van der Waals surface area (Å²) in [5.41, 5.74) is 2.94. The topological polar surface area (TPSA) is 24.9 Å². The first-order valence-electron chi connectivity index (χ1n) is 7.09. The molecule has 0 amide bonds. The van der Waals surface area contributed by atoms with E-state index >= 15 is 0 Å². The number of hydrogen-bond acceptors (Lipinski definition) is 2. The lowest BCUT2D eigenvalue weighted by molar-refractivity contribution is 0.344. The molecule has 1 unspecified atom stereocenters. The summed E-state index contributed by atoms with van der Waals surface area (Å²) in [6, 6.07) is 4.69. The number of hydrogen-bond donors (Lipinski definition) is 1. The van der Waals surface area contributed by atoms with Crippen molar-refractivity contribution in [1.82, 2.24) is 10.3 Å². The van der Waals surface area contributed by atoms with Crippen LogP contribution in [0.2, 0.25) is 0 Å². The van der Waals surface area contributed by atoms with E-state index in [2.05, 4.69) is 51.0 Å². The fourth-order valence-electron chi connectivity index (χ4n) is 2.32. The highest BCUT2D eigenvalue weighted by Gasteiger charge is 2.15. The van der Waals surface area contributed by atoms with Gasteiger partial charge in [-0.25, -0.2) is 0 Å². The molecule has 102 valence electrons. The molecule has 0 aliphatic rings. The average Bonchev–Trinajstić information content (AvgIpc) is 2.27. The van der Waals surface area contributed by atoms with Crippen LogP contribution in [0.25, 0.3) is 0 Å². The molecule has 0 aromatic carbocycles. The summed E-state index contributed by atoms with van der Waals surface area (Å²) in [6.07, 6.45) is 5.60. The Morgan fingerprint density at radius 2 is 2.06 bits per heavy atom. The van der Waals surface area contributed by atoms with E-state index < -0.39 is 0 Å². The minimum absolute atomic E-state index is 0.431. The summed E-state index contributed by atoms with van der Waals surface area (Å²) in [5.74, 6) is 0. The van der Waals surface area contributed by atoms with Gasteiger partial charge >= 0.3 is 0 Å². The third-order valence-electron chi connectivity index (χ3n) is 3.29. The zero-order valence-electron chi connectivity index (χ0n) is 12.6. The van der Waals surface area contributed by atoms with E-state index in [1.54, 1.807) is 0 Å². The van der Waals surface area contributed by atoms with Crippen LogP contribution in [-0.2, 0) is 0 Å². The van der Waals surface area contributed by atoms with Gasteiger partial charge in [-0.05, 0) is 43.4 Å². The number of rotatable bonds is 6. The van der Waals surface area contributed by atoms with Gasteiger partial charge in [-0.3, -0.25) is 4.98 Å². The van der Waals surface area contributed by atoms with Crippen LogP contribution < -0.4 is 5.32 Å². The number of nitrogens with one attached hydrogen (secondary N) is 1. The Morgan fingerprint density at radius 3 is 2.61 bits per heavy atom. The summed E-state index contributed by atoms with van der Waals surface area (Å²) in [4.78, 5) is 4.40. The molecule has 2 nitrogen and oxygen atoms in total. The largest absolute Gasteiger partial charge is 0.310 e. The van der Waals surface area contributed by atoms with Crippen molar-refractivity contribution < 1.29 is 0 Å². The van der Waals surface area contributed by atoms with Crippen molar-refractivity contribution in [2.45, 2.75) is 59.9 Å². The Labute approximate surface area is 112 Å². The number of nitrogens with zero attached hydrogens (tertiary/aromatic N) is 1.